The van der Waals surface area contributed by atoms with Crippen LogP contribution in [0.15, 0.2) is 41.3 Å². The van der Waals surface area contributed by atoms with Crippen LogP contribution in [0.2, 0.25) is 0 Å². The molecule has 0 saturated heterocycles. The zero-order valence-electron chi connectivity index (χ0n) is 14.0. The van der Waals surface area contributed by atoms with Crippen molar-refractivity contribution in [2.75, 3.05) is 11.1 Å². The Hall–Kier alpha value is -2.21. The Morgan fingerprint density at radius 1 is 1.12 bits per heavy atom. The summed E-state index contributed by atoms with van der Waals surface area (Å²) in [5, 5.41) is 2.42. The summed E-state index contributed by atoms with van der Waals surface area (Å²) in [6.07, 6.45) is 2.71. The van der Waals surface area contributed by atoms with Gasteiger partial charge in [0.1, 0.15) is 5.82 Å². The number of fused-ring (bicyclic) bond motifs is 1. The van der Waals surface area contributed by atoms with E-state index in [1.165, 1.54) is 17.7 Å². The largest absolute Gasteiger partial charge is 0.324 e. The molecule has 0 saturated carbocycles. The molecule has 6 heteroatoms. The van der Waals surface area contributed by atoms with Gasteiger partial charge in [0.05, 0.1) is 16.3 Å². The van der Waals surface area contributed by atoms with Crippen molar-refractivity contribution < 1.29 is 17.6 Å². The van der Waals surface area contributed by atoms with Crippen molar-refractivity contribution in [3.05, 3.63) is 58.9 Å². The lowest BCUT2D eigenvalue weighted by atomic mass is 10.1. The van der Waals surface area contributed by atoms with Crippen molar-refractivity contribution in [2.24, 2.45) is 0 Å². The summed E-state index contributed by atoms with van der Waals surface area (Å²) in [4.78, 5) is 12.2. The lowest BCUT2D eigenvalue weighted by Crippen LogP contribution is -2.18. The number of hydrogen-bond donors (Lipinski definition) is 1. The number of carbonyl (C=O) groups is 1. The first kappa shape index (κ1) is 17.6. The minimum absolute atomic E-state index is 0.0607. The van der Waals surface area contributed by atoms with Crippen LogP contribution < -0.4 is 5.32 Å². The number of benzene rings is 2. The van der Waals surface area contributed by atoms with Gasteiger partial charge in [-0.2, -0.15) is 0 Å². The van der Waals surface area contributed by atoms with Crippen molar-refractivity contribution in [2.45, 2.75) is 37.5 Å². The third kappa shape index (κ3) is 4.07. The monoisotopic (exact) mass is 361 g/mol. The van der Waals surface area contributed by atoms with Gasteiger partial charge in [0.15, 0.2) is 9.84 Å². The van der Waals surface area contributed by atoms with Crippen LogP contribution in [0.3, 0.4) is 0 Å². The maximum absolute atomic E-state index is 13.7. The van der Waals surface area contributed by atoms with Crippen LogP contribution in [0.5, 0.6) is 0 Å². The summed E-state index contributed by atoms with van der Waals surface area (Å²) in [5.74, 6) is -1.35. The lowest BCUT2D eigenvalue weighted by molar-refractivity contribution is -0.115. The summed E-state index contributed by atoms with van der Waals surface area (Å²) >= 11 is 0. The summed E-state index contributed by atoms with van der Waals surface area (Å²) in [6, 6.07) is 9.65. The standard InChI is InChI=1S/C19H20FNO3S/c1-13-5-8-18(17(20)11-13)21-19(22)9-10-25(23,24)16-7-6-14-3-2-4-15(14)12-16/h5-8,11-12H,2-4,9-10H2,1H3,(H,21,22). The maximum atomic E-state index is 13.7. The van der Waals surface area contributed by atoms with Crippen LogP contribution >= 0.6 is 0 Å². The predicted molar refractivity (Wildman–Crippen MR) is 94.9 cm³/mol. The molecule has 4 nitrogen and oxygen atoms in total. The molecule has 2 aromatic carbocycles. The molecule has 0 fully saturated rings. The van der Waals surface area contributed by atoms with Gasteiger partial charge in [-0.25, -0.2) is 12.8 Å². The molecule has 25 heavy (non-hydrogen) atoms. The van der Waals surface area contributed by atoms with Gasteiger partial charge in [-0.05, 0) is 67.1 Å². The highest BCUT2D eigenvalue weighted by Gasteiger charge is 2.20. The third-order valence-electron chi connectivity index (χ3n) is 4.43. The third-order valence-corrected chi connectivity index (χ3v) is 6.14. The number of aryl methyl sites for hydroxylation is 3. The van der Waals surface area contributed by atoms with Crippen molar-refractivity contribution >= 4 is 21.4 Å². The van der Waals surface area contributed by atoms with Crippen LogP contribution in [0.25, 0.3) is 0 Å². The SMILES string of the molecule is Cc1ccc(NC(=O)CCS(=O)(=O)c2ccc3c(c2)CCC3)c(F)c1. The second kappa shape index (κ2) is 6.96. The number of halogens is 1. The van der Waals surface area contributed by atoms with Crippen molar-refractivity contribution in [3.8, 4) is 0 Å². The van der Waals surface area contributed by atoms with Gasteiger partial charge in [0.2, 0.25) is 5.91 Å². The number of carbonyl (C=O) groups excluding carboxylic acids is 1. The molecule has 1 amide bonds. The highest BCUT2D eigenvalue weighted by Crippen LogP contribution is 2.25. The van der Waals surface area contributed by atoms with Gasteiger partial charge in [-0.15, -0.1) is 0 Å². The fraction of sp³-hybridized carbons (Fsp3) is 0.316. The Morgan fingerprint density at radius 3 is 2.64 bits per heavy atom. The van der Waals surface area contributed by atoms with Crippen LogP contribution in [0.4, 0.5) is 10.1 Å². The smallest absolute Gasteiger partial charge is 0.225 e. The fourth-order valence-electron chi connectivity index (χ4n) is 3.02. The lowest BCUT2D eigenvalue weighted by Gasteiger charge is -2.09. The number of nitrogens with one attached hydrogen (secondary N) is 1. The molecule has 0 heterocycles. The molecule has 1 aliphatic rings. The van der Waals surface area contributed by atoms with Gasteiger partial charge in [-0.1, -0.05) is 12.1 Å². The Kier molecular flexibility index (Phi) is 4.90. The minimum Gasteiger partial charge on any atom is -0.324 e. The van der Waals surface area contributed by atoms with Crippen LogP contribution in [0.1, 0.15) is 29.5 Å². The summed E-state index contributed by atoms with van der Waals surface area (Å²) in [5.41, 5.74) is 3.08. The predicted octanol–water partition coefficient (Wildman–Crippen LogP) is 3.43. The first-order valence-corrected chi connectivity index (χ1v) is 9.91. The Balaban J connectivity index is 1.64. The van der Waals surface area contributed by atoms with E-state index in [0.29, 0.717) is 0 Å². The number of rotatable bonds is 5. The van der Waals surface area contributed by atoms with Crippen molar-refractivity contribution in [1.82, 2.24) is 0 Å². The van der Waals surface area contributed by atoms with E-state index in [1.807, 2.05) is 6.07 Å². The molecule has 3 rings (SSSR count). The second-order valence-electron chi connectivity index (χ2n) is 6.38. The second-order valence-corrected chi connectivity index (χ2v) is 8.49. The molecule has 2 aromatic rings. The number of sulfone groups is 1. The first-order valence-electron chi connectivity index (χ1n) is 8.26. The first-order chi connectivity index (χ1) is 11.8. The molecule has 132 valence electrons. The van der Waals surface area contributed by atoms with Crippen molar-refractivity contribution in [3.63, 3.8) is 0 Å². The van der Waals surface area contributed by atoms with Crippen LogP contribution in [0, 0.1) is 12.7 Å². The van der Waals surface area contributed by atoms with E-state index in [2.05, 4.69) is 5.32 Å². The number of hydrogen-bond acceptors (Lipinski definition) is 3. The maximum Gasteiger partial charge on any atom is 0.225 e. The zero-order valence-corrected chi connectivity index (χ0v) is 14.8. The molecule has 1 aliphatic carbocycles. The van der Waals surface area contributed by atoms with E-state index in [9.17, 15) is 17.6 Å². The molecular weight excluding hydrogens is 341 g/mol. The summed E-state index contributed by atoms with van der Waals surface area (Å²) < 4.78 is 38.6. The molecule has 0 atom stereocenters. The van der Waals surface area contributed by atoms with E-state index in [-0.39, 0.29) is 22.8 Å². The Morgan fingerprint density at radius 2 is 1.88 bits per heavy atom. The van der Waals surface area contributed by atoms with Gasteiger partial charge >= 0.3 is 0 Å². The Bertz CT molecular complexity index is 922. The molecule has 1 N–H and O–H groups in total. The number of amides is 1. The van der Waals surface area contributed by atoms with Gasteiger partial charge in [0.25, 0.3) is 0 Å². The number of anilines is 1. The van der Waals surface area contributed by atoms with E-state index >= 15 is 0 Å². The summed E-state index contributed by atoms with van der Waals surface area (Å²) in [6.45, 7) is 1.75. The van der Waals surface area contributed by atoms with Crippen LogP contribution in [-0.4, -0.2) is 20.1 Å². The molecule has 0 aliphatic heterocycles. The topological polar surface area (TPSA) is 63.2 Å². The fourth-order valence-corrected chi connectivity index (χ4v) is 4.31. The van der Waals surface area contributed by atoms with E-state index in [0.717, 1.165) is 30.4 Å². The van der Waals surface area contributed by atoms with Crippen LogP contribution in [-0.2, 0) is 27.5 Å². The molecule has 0 aromatic heterocycles. The quantitative estimate of drug-likeness (QED) is 0.887. The Labute approximate surface area is 147 Å². The van der Waals surface area contributed by atoms with Gasteiger partial charge in [-0.3, -0.25) is 4.79 Å². The minimum atomic E-state index is -3.54. The zero-order chi connectivity index (χ0) is 18.0. The molecule has 0 unspecified atom stereocenters. The van der Waals surface area contributed by atoms with Gasteiger partial charge < -0.3 is 5.32 Å². The highest BCUT2D eigenvalue weighted by atomic mass is 32.2. The van der Waals surface area contributed by atoms with E-state index in [1.54, 1.807) is 25.1 Å². The highest BCUT2D eigenvalue weighted by molar-refractivity contribution is 7.91. The molecule has 0 radical (unpaired) electrons. The van der Waals surface area contributed by atoms with E-state index < -0.39 is 21.6 Å². The average molecular weight is 361 g/mol. The average Bonchev–Trinajstić information content (AvgIpc) is 3.03. The summed E-state index contributed by atoms with van der Waals surface area (Å²) in [7, 11) is -3.54. The molecule has 0 bridgehead atoms. The van der Waals surface area contributed by atoms with E-state index in [4.69, 9.17) is 0 Å². The normalized spacial score (nSPS) is 13.5. The van der Waals surface area contributed by atoms with Gasteiger partial charge in [0, 0.05) is 6.42 Å². The molecule has 0 spiro atoms. The molecular formula is C19H20FNO3S. The van der Waals surface area contributed by atoms with Crippen molar-refractivity contribution in [1.29, 1.82) is 0 Å².